The third kappa shape index (κ3) is 2.43. The van der Waals surface area contributed by atoms with E-state index in [1.54, 1.807) is 6.07 Å². The van der Waals surface area contributed by atoms with Crippen molar-refractivity contribution in [3.8, 4) is 10.4 Å². The van der Waals surface area contributed by atoms with Crippen molar-refractivity contribution in [2.24, 2.45) is 0 Å². The molecule has 1 aromatic heterocycles. The van der Waals surface area contributed by atoms with Gasteiger partial charge < -0.3 is 0 Å². The monoisotopic (exact) mass is 261 g/mol. The second kappa shape index (κ2) is 4.53. The lowest BCUT2D eigenvalue weighted by Crippen LogP contribution is -2.07. The summed E-state index contributed by atoms with van der Waals surface area (Å²) in [5.41, 5.74) is 1.04. The molecule has 2 aromatic rings. The molecule has 2 rings (SSSR count). The zero-order valence-corrected chi connectivity index (χ0v) is 11.5. The van der Waals surface area contributed by atoms with E-state index in [0.29, 0.717) is 0 Å². The van der Waals surface area contributed by atoms with Crippen LogP contribution in [0.25, 0.3) is 10.4 Å². The Labute approximate surface area is 110 Å². The molecule has 94 valence electrons. The highest BCUT2D eigenvalue weighted by molar-refractivity contribution is 7.16. The van der Waals surface area contributed by atoms with Crippen LogP contribution < -0.4 is 0 Å². The third-order valence-electron chi connectivity index (χ3n) is 2.68. The lowest BCUT2D eigenvalue weighted by Gasteiger charge is -2.14. The molecule has 0 aliphatic rings. The van der Waals surface area contributed by atoms with E-state index in [2.05, 4.69) is 20.8 Å². The zero-order valence-electron chi connectivity index (χ0n) is 10.6. The van der Waals surface area contributed by atoms with E-state index >= 15 is 0 Å². The Bertz CT molecular complexity index is 567. The van der Waals surface area contributed by atoms with Crippen molar-refractivity contribution in [2.75, 3.05) is 0 Å². The molecule has 0 N–H and O–H groups in total. The molecule has 1 heterocycles. The predicted octanol–water partition coefficient (Wildman–Crippen LogP) is 4.62. The second-order valence-electron chi connectivity index (χ2n) is 5.20. The van der Waals surface area contributed by atoms with Crippen LogP contribution in [0.1, 0.15) is 25.6 Å². The van der Waals surface area contributed by atoms with Gasteiger partial charge in [0.05, 0.1) is 4.92 Å². The van der Waals surface area contributed by atoms with Crippen molar-refractivity contribution in [1.82, 2.24) is 0 Å². The van der Waals surface area contributed by atoms with Crippen molar-refractivity contribution in [3.63, 3.8) is 0 Å². The van der Waals surface area contributed by atoms with Gasteiger partial charge in [0.2, 0.25) is 0 Å². The Hall–Kier alpha value is -1.68. The highest BCUT2D eigenvalue weighted by Gasteiger charge is 2.25. The van der Waals surface area contributed by atoms with Crippen LogP contribution in [0.2, 0.25) is 0 Å². The molecule has 0 saturated carbocycles. The molecular weight excluding hydrogens is 246 g/mol. The number of nitrogens with zero attached hydrogens (tertiary/aromatic N) is 1. The first kappa shape index (κ1) is 12.8. The second-order valence-corrected chi connectivity index (χ2v) is 6.25. The molecule has 0 aliphatic carbocycles. The number of rotatable bonds is 2. The normalized spacial score (nSPS) is 11.5. The lowest BCUT2D eigenvalue weighted by atomic mass is 9.94. The largest absolute Gasteiger partial charge is 0.288 e. The SMILES string of the molecule is CC(C)(C)c1cc([N+](=O)[O-])c(-c2ccccc2)s1. The smallest absolute Gasteiger partial charge is 0.258 e. The fourth-order valence-corrected chi connectivity index (χ4v) is 2.87. The van der Waals surface area contributed by atoms with E-state index in [-0.39, 0.29) is 16.0 Å². The number of hydrogen-bond donors (Lipinski definition) is 0. The Balaban J connectivity index is 2.60. The van der Waals surface area contributed by atoms with E-state index < -0.39 is 0 Å². The molecule has 4 heteroatoms. The van der Waals surface area contributed by atoms with Gasteiger partial charge in [-0.2, -0.15) is 0 Å². The molecule has 0 bridgehead atoms. The number of nitro groups is 1. The van der Waals surface area contributed by atoms with Crippen molar-refractivity contribution in [2.45, 2.75) is 26.2 Å². The summed E-state index contributed by atoms with van der Waals surface area (Å²) in [4.78, 5) is 12.6. The van der Waals surface area contributed by atoms with Gasteiger partial charge in [0, 0.05) is 10.9 Å². The van der Waals surface area contributed by atoms with Crippen molar-refractivity contribution < 1.29 is 4.92 Å². The Morgan fingerprint density at radius 3 is 2.28 bits per heavy atom. The first-order chi connectivity index (χ1) is 8.39. The van der Waals surface area contributed by atoms with Crippen molar-refractivity contribution >= 4 is 17.0 Å². The van der Waals surface area contributed by atoms with E-state index in [0.717, 1.165) is 15.3 Å². The van der Waals surface area contributed by atoms with E-state index in [1.165, 1.54) is 11.3 Å². The maximum Gasteiger partial charge on any atom is 0.288 e. The van der Waals surface area contributed by atoms with Gasteiger partial charge in [-0.3, -0.25) is 10.1 Å². The molecule has 0 aliphatic heterocycles. The third-order valence-corrected chi connectivity index (χ3v) is 4.28. The van der Waals surface area contributed by atoms with Crippen LogP contribution in [0.5, 0.6) is 0 Å². The Morgan fingerprint density at radius 2 is 1.78 bits per heavy atom. The van der Waals surface area contributed by atoms with Gasteiger partial charge in [-0.1, -0.05) is 51.1 Å². The molecule has 3 nitrogen and oxygen atoms in total. The molecule has 0 saturated heterocycles. The first-order valence-electron chi connectivity index (χ1n) is 5.74. The molecule has 18 heavy (non-hydrogen) atoms. The number of hydrogen-bond acceptors (Lipinski definition) is 3. The average Bonchev–Trinajstić information content (AvgIpc) is 2.74. The minimum atomic E-state index is -0.298. The van der Waals surface area contributed by atoms with Gasteiger partial charge in [0.1, 0.15) is 4.88 Å². The van der Waals surface area contributed by atoms with Gasteiger partial charge in [-0.15, -0.1) is 11.3 Å². The van der Waals surface area contributed by atoms with Gasteiger partial charge in [0.15, 0.2) is 0 Å². The summed E-state index contributed by atoms with van der Waals surface area (Å²) >= 11 is 1.51. The van der Waals surface area contributed by atoms with Crippen LogP contribution in [0, 0.1) is 10.1 Å². The van der Waals surface area contributed by atoms with Crippen LogP contribution in [0.4, 0.5) is 5.69 Å². The molecule has 0 fully saturated rings. The standard InChI is InChI=1S/C14H15NO2S/c1-14(2,3)12-9-11(15(16)17)13(18-12)10-7-5-4-6-8-10/h4-9H,1-3H3. The summed E-state index contributed by atoms with van der Waals surface area (Å²) in [7, 11) is 0. The summed E-state index contributed by atoms with van der Waals surface area (Å²) in [6, 6.07) is 11.2. The lowest BCUT2D eigenvalue weighted by molar-refractivity contribution is -0.383. The topological polar surface area (TPSA) is 43.1 Å². The van der Waals surface area contributed by atoms with Crippen LogP contribution >= 0.6 is 11.3 Å². The summed E-state index contributed by atoms with van der Waals surface area (Å²) in [5.74, 6) is 0. The van der Waals surface area contributed by atoms with Gasteiger partial charge in [-0.05, 0) is 11.0 Å². The highest BCUT2D eigenvalue weighted by Crippen LogP contribution is 2.42. The summed E-state index contributed by atoms with van der Waals surface area (Å²) in [6.45, 7) is 6.20. The highest BCUT2D eigenvalue weighted by atomic mass is 32.1. The summed E-state index contributed by atoms with van der Waals surface area (Å²) < 4.78 is 0. The Kier molecular flexibility index (Phi) is 3.22. The molecule has 1 aromatic carbocycles. The minimum absolute atomic E-state index is 0.0670. The molecule has 0 spiro atoms. The van der Waals surface area contributed by atoms with Crippen molar-refractivity contribution in [1.29, 1.82) is 0 Å². The van der Waals surface area contributed by atoms with E-state index in [1.807, 2.05) is 30.3 Å². The van der Waals surface area contributed by atoms with Crippen molar-refractivity contribution in [3.05, 3.63) is 51.4 Å². The van der Waals surface area contributed by atoms with Crippen LogP contribution in [0.15, 0.2) is 36.4 Å². The number of thiophene rings is 1. The summed E-state index contributed by atoms with van der Waals surface area (Å²) in [6.07, 6.45) is 0. The summed E-state index contributed by atoms with van der Waals surface area (Å²) in [5, 5.41) is 11.1. The van der Waals surface area contributed by atoms with E-state index in [9.17, 15) is 10.1 Å². The number of benzene rings is 1. The molecule has 0 unspecified atom stereocenters. The van der Waals surface area contributed by atoms with Crippen LogP contribution in [-0.4, -0.2) is 4.92 Å². The van der Waals surface area contributed by atoms with Crippen LogP contribution in [-0.2, 0) is 5.41 Å². The molecule has 0 amide bonds. The minimum Gasteiger partial charge on any atom is -0.258 e. The van der Waals surface area contributed by atoms with Gasteiger partial charge in [0.25, 0.3) is 5.69 Å². The predicted molar refractivity (Wildman–Crippen MR) is 75.1 cm³/mol. The molecule has 0 atom stereocenters. The Morgan fingerprint density at radius 1 is 1.17 bits per heavy atom. The average molecular weight is 261 g/mol. The fraction of sp³-hybridized carbons (Fsp3) is 0.286. The van der Waals surface area contributed by atoms with Crippen LogP contribution in [0.3, 0.4) is 0 Å². The fourth-order valence-electron chi connectivity index (χ4n) is 1.68. The zero-order chi connectivity index (χ0) is 13.3. The van der Waals surface area contributed by atoms with Gasteiger partial charge >= 0.3 is 0 Å². The molecular formula is C14H15NO2S. The van der Waals surface area contributed by atoms with E-state index in [4.69, 9.17) is 0 Å². The first-order valence-corrected chi connectivity index (χ1v) is 6.55. The quantitative estimate of drug-likeness (QED) is 0.584. The van der Waals surface area contributed by atoms with Gasteiger partial charge in [-0.25, -0.2) is 0 Å². The maximum atomic E-state index is 11.1. The maximum absolute atomic E-state index is 11.1. The molecule has 0 radical (unpaired) electrons.